The lowest BCUT2D eigenvalue weighted by molar-refractivity contribution is -0.140. The molecule has 3 aromatic rings. The van der Waals surface area contributed by atoms with Gasteiger partial charge in [0.05, 0.1) is 37.0 Å². The Hall–Kier alpha value is -4.04. The second-order valence-corrected chi connectivity index (χ2v) is 8.88. The van der Waals surface area contributed by atoms with Crippen LogP contribution in [0.15, 0.2) is 66.2 Å². The number of amides is 1. The van der Waals surface area contributed by atoms with E-state index in [9.17, 15) is 19.1 Å². The number of carbonyl (C=O) groups excluding carboxylic acids is 2. The summed E-state index contributed by atoms with van der Waals surface area (Å²) in [4.78, 5) is 28.1. The Kier molecular flexibility index (Phi) is 8.22. The molecule has 3 aromatic carbocycles. The number of methoxy groups -OCH3 is 1. The van der Waals surface area contributed by atoms with Crippen LogP contribution >= 0.6 is 11.6 Å². The molecule has 1 fully saturated rings. The first-order chi connectivity index (χ1) is 18.3. The van der Waals surface area contributed by atoms with E-state index in [0.717, 1.165) is 0 Å². The number of carbonyl (C=O) groups is 2. The van der Waals surface area contributed by atoms with E-state index in [4.69, 9.17) is 25.8 Å². The molecule has 1 aliphatic rings. The lowest BCUT2D eigenvalue weighted by Crippen LogP contribution is -2.29. The first-order valence-electron chi connectivity index (χ1n) is 12.0. The number of Topliss-reactive ketones (excluding diaryl/α,β-unsaturated/α-hetero) is 1. The second-order valence-electron chi connectivity index (χ2n) is 8.47. The first kappa shape index (κ1) is 27.0. The van der Waals surface area contributed by atoms with Gasteiger partial charge in [-0.3, -0.25) is 9.59 Å². The molecule has 0 spiro atoms. The maximum atomic E-state index is 13.5. The van der Waals surface area contributed by atoms with Crippen LogP contribution in [0.5, 0.6) is 17.2 Å². The number of rotatable bonds is 9. The zero-order valence-electron chi connectivity index (χ0n) is 21.2. The van der Waals surface area contributed by atoms with Crippen molar-refractivity contribution in [3.63, 3.8) is 0 Å². The smallest absolute Gasteiger partial charge is 0.295 e. The summed E-state index contributed by atoms with van der Waals surface area (Å²) < 4.78 is 30.2. The molecule has 0 radical (unpaired) electrons. The highest BCUT2D eigenvalue weighted by molar-refractivity contribution is 6.47. The maximum Gasteiger partial charge on any atom is 0.295 e. The zero-order chi connectivity index (χ0) is 27.4. The molecule has 9 heteroatoms. The van der Waals surface area contributed by atoms with E-state index < -0.39 is 29.3 Å². The number of benzene rings is 3. The number of ether oxygens (including phenoxy) is 3. The molecule has 1 unspecified atom stereocenters. The fourth-order valence-electron chi connectivity index (χ4n) is 4.40. The summed E-state index contributed by atoms with van der Waals surface area (Å²) in [5, 5.41) is 11.6. The first-order valence-corrected chi connectivity index (χ1v) is 12.4. The van der Waals surface area contributed by atoms with Crippen LogP contribution in [0.1, 0.15) is 36.6 Å². The third-order valence-corrected chi connectivity index (χ3v) is 6.44. The van der Waals surface area contributed by atoms with Crippen LogP contribution in [0.4, 0.5) is 4.39 Å². The highest BCUT2D eigenvalue weighted by Crippen LogP contribution is 2.43. The second kappa shape index (κ2) is 11.6. The molecule has 1 amide bonds. The SMILES string of the molecule is CCOc1ccc(Cl)c(/C(O)=C2\C(=O)C(=O)N(Cc3ccc(F)cc3)C2c2ccc(OC)c(OCC)c2)c1. The van der Waals surface area contributed by atoms with E-state index in [1.165, 1.54) is 42.3 Å². The highest BCUT2D eigenvalue weighted by atomic mass is 35.5. The molecular weight excluding hydrogens is 513 g/mol. The van der Waals surface area contributed by atoms with Gasteiger partial charge < -0.3 is 24.2 Å². The van der Waals surface area contributed by atoms with Crippen molar-refractivity contribution in [1.29, 1.82) is 0 Å². The number of hydrogen-bond acceptors (Lipinski definition) is 6. The Morgan fingerprint density at radius 1 is 0.974 bits per heavy atom. The lowest BCUT2D eigenvalue weighted by Gasteiger charge is -2.26. The van der Waals surface area contributed by atoms with E-state index in [-0.39, 0.29) is 22.7 Å². The number of aliphatic hydroxyl groups is 1. The molecule has 0 aromatic heterocycles. The summed E-state index contributed by atoms with van der Waals surface area (Å²) in [5.41, 5.74) is 1.13. The third kappa shape index (κ3) is 5.31. The topological polar surface area (TPSA) is 85.3 Å². The predicted molar refractivity (Wildman–Crippen MR) is 141 cm³/mol. The van der Waals surface area contributed by atoms with Crippen molar-refractivity contribution >= 4 is 29.1 Å². The van der Waals surface area contributed by atoms with Crippen LogP contribution in [-0.2, 0) is 16.1 Å². The number of nitrogens with zero attached hydrogens (tertiary/aromatic N) is 1. The fraction of sp³-hybridized carbons (Fsp3) is 0.241. The molecule has 1 atom stereocenters. The molecule has 7 nitrogen and oxygen atoms in total. The molecule has 198 valence electrons. The Labute approximate surface area is 225 Å². The van der Waals surface area contributed by atoms with Gasteiger partial charge in [-0.2, -0.15) is 0 Å². The average Bonchev–Trinajstić information content (AvgIpc) is 3.16. The quantitative estimate of drug-likeness (QED) is 0.207. The number of ketones is 1. The highest BCUT2D eigenvalue weighted by Gasteiger charge is 2.46. The van der Waals surface area contributed by atoms with Crippen LogP contribution in [0.25, 0.3) is 5.76 Å². The Bertz CT molecular complexity index is 1390. The van der Waals surface area contributed by atoms with Crippen molar-refractivity contribution in [2.24, 2.45) is 0 Å². The Morgan fingerprint density at radius 3 is 2.34 bits per heavy atom. The van der Waals surface area contributed by atoms with E-state index in [0.29, 0.717) is 41.6 Å². The minimum Gasteiger partial charge on any atom is -0.507 e. The number of halogens is 2. The van der Waals surface area contributed by atoms with Gasteiger partial charge in [0.25, 0.3) is 11.7 Å². The van der Waals surface area contributed by atoms with E-state index >= 15 is 0 Å². The van der Waals surface area contributed by atoms with Gasteiger partial charge in [-0.05, 0) is 67.4 Å². The summed E-state index contributed by atoms with van der Waals surface area (Å²) in [7, 11) is 1.51. The number of likely N-dealkylation sites (tertiary alicyclic amines) is 1. The van der Waals surface area contributed by atoms with Crippen molar-refractivity contribution in [2.45, 2.75) is 26.4 Å². The Balaban J connectivity index is 1.91. The molecule has 4 rings (SSSR count). The normalized spacial score (nSPS) is 16.6. The van der Waals surface area contributed by atoms with Crippen molar-refractivity contribution in [3.05, 3.63) is 93.8 Å². The average molecular weight is 540 g/mol. The van der Waals surface area contributed by atoms with Crippen LogP contribution < -0.4 is 14.2 Å². The van der Waals surface area contributed by atoms with Crippen LogP contribution in [0.3, 0.4) is 0 Å². The summed E-state index contributed by atoms with van der Waals surface area (Å²) in [6, 6.07) is 14.4. The Morgan fingerprint density at radius 2 is 1.68 bits per heavy atom. The van der Waals surface area contributed by atoms with Gasteiger partial charge >= 0.3 is 0 Å². The van der Waals surface area contributed by atoms with E-state index in [1.807, 2.05) is 13.8 Å². The molecule has 1 aliphatic heterocycles. The minimum absolute atomic E-state index is 0.00495. The third-order valence-electron chi connectivity index (χ3n) is 6.11. The zero-order valence-corrected chi connectivity index (χ0v) is 21.9. The molecule has 38 heavy (non-hydrogen) atoms. The molecule has 0 bridgehead atoms. The molecule has 1 N–H and O–H groups in total. The molecular formula is C29H27ClFNO6. The van der Waals surface area contributed by atoms with Gasteiger partial charge in [-0.15, -0.1) is 0 Å². The standard InChI is InChI=1S/C29H27ClFNO6/c1-4-37-20-11-12-22(30)21(15-20)27(33)25-26(18-8-13-23(36-3)24(14-18)38-5-2)32(29(35)28(25)34)16-17-6-9-19(31)10-7-17/h6-15,26,33H,4-5,16H2,1-3H3/b27-25+. The fourth-order valence-corrected chi connectivity index (χ4v) is 4.60. The monoisotopic (exact) mass is 539 g/mol. The van der Waals surface area contributed by atoms with Gasteiger partial charge in [0, 0.05) is 12.1 Å². The number of hydrogen-bond donors (Lipinski definition) is 1. The summed E-state index contributed by atoms with van der Waals surface area (Å²) in [6.45, 7) is 4.37. The van der Waals surface area contributed by atoms with Crippen LogP contribution in [-0.4, -0.2) is 42.0 Å². The van der Waals surface area contributed by atoms with Crippen molar-refractivity contribution in [3.8, 4) is 17.2 Å². The molecule has 1 saturated heterocycles. The van der Waals surface area contributed by atoms with Gasteiger partial charge in [0.2, 0.25) is 0 Å². The minimum atomic E-state index is -0.989. The van der Waals surface area contributed by atoms with Gasteiger partial charge in [0.15, 0.2) is 11.5 Å². The summed E-state index contributed by atoms with van der Waals surface area (Å²) in [6.07, 6.45) is 0. The molecule has 1 heterocycles. The summed E-state index contributed by atoms with van der Waals surface area (Å²) >= 11 is 6.40. The van der Waals surface area contributed by atoms with Crippen LogP contribution in [0, 0.1) is 5.82 Å². The predicted octanol–water partition coefficient (Wildman–Crippen LogP) is 5.91. The molecule has 0 saturated carbocycles. The van der Waals surface area contributed by atoms with Gasteiger partial charge in [0.1, 0.15) is 17.3 Å². The number of aliphatic hydroxyl groups excluding tert-OH is 1. The van der Waals surface area contributed by atoms with Gasteiger partial charge in [-0.25, -0.2) is 4.39 Å². The van der Waals surface area contributed by atoms with Crippen molar-refractivity contribution < 1.29 is 33.3 Å². The van der Waals surface area contributed by atoms with E-state index in [2.05, 4.69) is 0 Å². The maximum absolute atomic E-state index is 13.5. The largest absolute Gasteiger partial charge is 0.507 e. The lowest BCUT2D eigenvalue weighted by atomic mass is 9.94. The van der Waals surface area contributed by atoms with Gasteiger partial charge in [-0.1, -0.05) is 29.8 Å². The van der Waals surface area contributed by atoms with Crippen molar-refractivity contribution in [1.82, 2.24) is 4.90 Å². The van der Waals surface area contributed by atoms with Crippen LogP contribution in [0.2, 0.25) is 5.02 Å². The van der Waals surface area contributed by atoms with E-state index in [1.54, 1.807) is 30.3 Å². The summed E-state index contributed by atoms with van der Waals surface area (Å²) in [5.74, 6) is -1.22. The van der Waals surface area contributed by atoms with Crippen molar-refractivity contribution in [2.75, 3.05) is 20.3 Å². The molecule has 0 aliphatic carbocycles.